The number of amides is 2. The highest BCUT2D eigenvalue weighted by atomic mass is 32.2. The number of hydrogen-bond acceptors (Lipinski definition) is 5. The van der Waals surface area contributed by atoms with Gasteiger partial charge in [0.05, 0.1) is 25.1 Å². The summed E-state index contributed by atoms with van der Waals surface area (Å²) in [7, 11) is -1.90. The Morgan fingerprint density at radius 1 is 1.03 bits per heavy atom. The second-order valence-electron chi connectivity index (χ2n) is 8.88. The molecular weight excluding hydrogens is 478 g/mol. The fourth-order valence-corrected chi connectivity index (χ4v) is 5.28. The van der Waals surface area contributed by atoms with E-state index in [-0.39, 0.29) is 23.9 Å². The van der Waals surface area contributed by atoms with Gasteiger partial charge in [-0.25, -0.2) is 8.42 Å². The summed E-state index contributed by atoms with van der Waals surface area (Å²) in [5.41, 5.74) is 3.06. The summed E-state index contributed by atoms with van der Waals surface area (Å²) in [5.74, 6) is 0.349. The summed E-state index contributed by atoms with van der Waals surface area (Å²) in [6.45, 7) is 3.45. The number of para-hydroxylation sites is 1. The Morgan fingerprint density at radius 2 is 1.72 bits per heavy atom. The zero-order valence-electron chi connectivity index (χ0n) is 20.6. The molecule has 1 aliphatic heterocycles. The third-order valence-electron chi connectivity index (χ3n) is 6.19. The Kier molecular flexibility index (Phi) is 7.03. The van der Waals surface area contributed by atoms with Gasteiger partial charge >= 0.3 is 0 Å². The predicted octanol–water partition coefficient (Wildman–Crippen LogP) is 4.60. The average molecular weight is 508 g/mol. The van der Waals surface area contributed by atoms with Gasteiger partial charge in [-0.1, -0.05) is 24.3 Å². The molecule has 0 saturated carbocycles. The van der Waals surface area contributed by atoms with Crippen molar-refractivity contribution in [1.29, 1.82) is 0 Å². The van der Waals surface area contributed by atoms with E-state index in [9.17, 15) is 18.0 Å². The molecule has 0 fully saturated rings. The fourth-order valence-electron chi connectivity index (χ4n) is 4.72. The number of fused-ring (bicyclic) bond motifs is 1. The molecule has 3 aromatic carbocycles. The van der Waals surface area contributed by atoms with Gasteiger partial charge in [0.1, 0.15) is 5.75 Å². The number of nitrogens with zero attached hydrogens (tertiary/aromatic N) is 2. The molecule has 36 heavy (non-hydrogen) atoms. The zero-order chi connectivity index (χ0) is 26.0. The van der Waals surface area contributed by atoms with E-state index in [1.54, 1.807) is 65.4 Å². The molecule has 1 heterocycles. The Labute approximate surface area is 211 Å². The Balaban J connectivity index is 1.74. The highest BCUT2D eigenvalue weighted by Gasteiger charge is 2.38. The van der Waals surface area contributed by atoms with Crippen LogP contribution in [0, 0.1) is 0 Å². The molecule has 2 atom stereocenters. The van der Waals surface area contributed by atoms with Gasteiger partial charge in [0.2, 0.25) is 15.9 Å². The number of nitrogens with one attached hydrogen (secondary N) is 1. The van der Waals surface area contributed by atoms with Crippen molar-refractivity contribution in [3.63, 3.8) is 0 Å². The average Bonchev–Trinajstić information content (AvgIpc) is 2.83. The molecule has 0 unspecified atom stereocenters. The smallest absolute Gasteiger partial charge is 0.258 e. The van der Waals surface area contributed by atoms with Gasteiger partial charge in [0, 0.05) is 29.9 Å². The van der Waals surface area contributed by atoms with Crippen LogP contribution in [-0.2, 0) is 14.8 Å². The van der Waals surface area contributed by atoms with Crippen LogP contribution in [0.1, 0.15) is 42.2 Å². The van der Waals surface area contributed by atoms with E-state index >= 15 is 0 Å². The first-order chi connectivity index (χ1) is 17.1. The van der Waals surface area contributed by atoms with Gasteiger partial charge in [-0.2, -0.15) is 0 Å². The lowest BCUT2D eigenvalue weighted by Crippen LogP contribution is -2.47. The van der Waals surface area contributed by atoms with Crippen molar-refractivity contribution in [3.8, 4) is 5.75 Å². The minimum atomic E-state index is -3.48. The van der Waals surface area contributed by atoms with Crippen molar-refractivity contribution in [3.05, 3.63) is 83.9 Å². The number of benzene rings is 3. The van der Waals surface area contributed by atoms with Crippen molar-refractivity contribution < 1.29 is 22.7 Å². The first-order valence-electron chi connectivity index (χ1n) is 11.5. The summed E-state index contributed by atoms with van der Waals surface area (Å²) < 4.78 is 31.2. The molecule has 3 aromatic rings. The largest absolute Gasteiger partial charge is 0.497 e. The predicted molar refractivity (Wildman–Crippen MR) is 141 cm³/mol. The molecule has 1 N–H and O–H groups in total. The zero-order valence-corrected chi connectivity index (χ0v) is 21.5. The van der Waals surface area contributed by atoms with Crippen molar-refractivity contribution in [2.24, 2.45) is 0 Å². The molecule has 8 nitrogen and oxygen atoms in total. The van der Waals surface area contributed by atoms with E-state index < -0.39 is 10.0 Å². The van der Waals surface area contributed by atoms with Crippen LogP contribution in [0.3, 0.4) is 0 Å². The summed E-state index contributed by atoms with van der Waals surface area (Å²) in [6, 6.07) is 20.8. The number of anilines is 3. The molecule has 1 aliphatic rings. The van der Waals surface area contributed by atoms with Crippen LogP contribution in [-0.4, -0.2) is 39.6 Å². The highest BCUT2D eigenvalue weighted by Crippen LogP contribution is 2.43. The Hall–Kier alpha value is -3.85. The monoisotopic (exact) mass is 507 g/mol. The number of hydrogen-bond donors (Lipinski definition) is 1. The van der Waals surface area contributed by atoms with Gasteiger partial charge in [-0.3, -0.25) is 14.3 Å². The van der Waals surface area contributed by atoms with Crippen molar-refractivity contribution in [2.45, 2.75) is 32.4 Å². The van der Waals surface area contributed by atoms with Crippen molar-refractivity contribution in [2.75, 3.05) is 27.9 Å². The molecule has 0 spiro atoms. The molecule has 4 rings (SSSR count). The summed E-state index contributed by atoms with van der Waals surface area (Å²) in [6.07, 6.45) is 1.58. The van der Waals surface area contributed by atoms with Crippen LogP contribution in [0.15, 0.2) is 72.8 Å². The quantitative estimate of drug-likeness (QED) is 0.526. The second kappa shape index (κ2) is 10.0. The molecular formula is C27H29N3O5S. The van der Waals surface area contributed by atoms with Crippen LogP contribution in [0.2, 0.25) is 0 Å². The van der Waals surface area contributed by atoms with E-state index in [1.165, 1.54) is 6.92 Å². The lowest BCUT2D eigenvalue weighted by atomic mass is 9.89. The number of methoxy groups -OCH3 is 1. The molecule has 2 amide bonds. The Bertz CT molecular complexity index is 1390. The summed E-state index contributed by atoms with van der Waals surface area (Å²) in [5, 5.41) is 0. The van der Waals surface area contributed by atoms with E-state index in [0.717, 1.165) is 17.5 Å². The first-order valence-corrected chi connectivity index (χ1v) is 13.4. The highest BCUT2D eigenvalue weighted by molar-refractivity contribution is 7.92. The second-order valence-corrected chi connectivity index (χ2v) is 10.6. The lowest BCUT2D eigenvalue weighted by Gasteiger charge is -2.43. The third-order valence-corrected chi connectivity index (χ3v) is 6.80. The van der Waals surface area contributed by atoms with Crippen molar-refractivity contribution >= 4 is 38.9 Å². The number of carbonyl (C=O) groups is 2. The van der Waals surface area contributed by atoms with E-state index in [0.29, 0.717) is 29.1 Å². The van der Waals surface area contributed by atoms with E-state index in [1.807, 2.05) is 31.2 Å². The number of carbonyl (C=O) groups excluding carboxylic acids is 2. The third kappa shape index (κ3) is 5.21. The summed E-state index contributed by atoms with van der Waals surface area (Å²) in [4.78, 5) is 30.0. The normalized spacial score (nSPS) is 17.2. The molecule has 9 heteroatoms. The molecule has 188 valence electrons. The molecule has 0 radical (unpaired) electrons. The number of sulfonamides is 1. The maximum absolute atomic E-state index is 13.6. The van der Waals surface area contributed by atoms with Crippen LogP contribution in [0.5, 0.6) is 5.75 Å². The molecule has 0 saturated heterocycles. The SMILES string of the molecule is COc1ccc(C(=O)N2c3ccccc3[C@H](N(C(C)=O)c3cccc(NS(C)(=O)=O)c3)C[C@@H]2C)cc1. The summed E-state index contributed by atoms with van der Waals surface area (Å²) >= 11 is 0. The lowest BCUT2D eigenvalue weighted by molar-refractivity contribution is -0.117. The molecule has 0 bridgehead atoms. The van der Waals surface area contributed by atoms with Crippen LogP contribution in [0.4, 0.5) is 17.1 Å². The van der Waals surface area contributed by atoms with E-state index in [2.05, 4.69) is 4.72 Å². The maximum atomic E-state index is 13.6. The molecule has 0 aliphatic carbocycles. The topological polar surface area (TPSA) is 96.0 Å². The van der Waals surface area contributed by atoms with Crippen molar-refractivity contribution in [1.82, 2.24) is 0 Å². The van der Waals surface area contributed by atoms with Gasteiger partial charge in [-0.15, -0.1) is 0 Å². The van der Waals surface area contributed by atoms with Gasteiger partial charge in [0.15, 0.2) is 0 Å². The fraction of sp³-hybridized carbons (Fsp3) is 0.259. The minimum absolute atomic E-state index is 0.134. The van der Waals surface area contributed by atoms with Crippen LogP contribution in [0.25, 0.3) is 0 Å². The van der Waals surface area contributed by atoms with Gasteiger partial charge < -0.3 is 14.5 Å². The molecule has 0 aromatic heterocycles. The van der Waals surface area contributed by atoms with Gasteiger partial charge in [-0.05, 0) is 67.4 Å². The first kappa shape index (κ1) is 25.2. The Morgan fingerprint density at radius 3 is 2.36 bits per heavy atom. The van der Waals surface area contributed by atoms with Gasteiger partial charge in [0.25, 0.3) is 5.91 Å². The van der Waals surface area contributed by atoms with Crippen LogP contribution < -0.4 is 19.3 Å². The number of ether oxygens (including phenoxy) is 1. The maximum Gasteiger partial charge on any atom is 0.258 e. The van der Waals surface area contributed by atoms with Crippen LogP contribution >= 0.6 is 0 Å². The number of rotatable bonds is 6. The van der Waals surface area contributed by atoms with E-state index in [4.69, 9.17) is 4.74 Å². The standard InChI is InChI=1S/C27H29N3O5S/c1-18-16-26(30(19(2)31)22-9-7-8-21(17-22)28-36(4,33)34)24-10-5-6-11-25(24)29(18)27(32)20-12-14-23(35-3)15-13-20/h5-15,17-18,26,28H,16H2,1-4H3/t18-,26+/m0/s1. The minimum Gasteiger partial charge on any atom is -0.497 e.